The molecule has 26 heavy (non-hydrogen) atoms. The third kappa shape index (κ3) is 4.28. The number of halogens is 2. The number of benzene rings is 2. The summed E-state index contributed by atoms with van der Waals surface area (Å²) in [7, 11) is 0. The minimum absolute atomic E-state index is 0.294. The van der Waals surface area contributed by atoms with Gasteiger partial charge in [-0.1, -0.05) is 23.2 Å². The minimum Gasteiger partial charge on any atom is -0.323 e. The van der Waals surface area contributed by atoms with Crippen molar-refractivity contribution in [3.8, 4) is 6.07 Å². The Kier molecular flexibility index (Phi) is 5.32. The standard InChI is InChI=1S/C18H11Cl2N5O/c19-13-3-6-16(15(20)7-13)25-18-22-9-12(10-23-18)17(26)24-14-4-1-11(8-21)2-5-14/h1-7,9-10H,(H,24,26)(H,22,23,25). The number of aromatic nitrogens is 2. The number of rotatable bonds is 4. The average molecular weight is 384 g/mol. The highest BCUT2D eigenvalue weighted by Gasteiger charge is 2.09. The summed E-state index contributed by atoms with van der Waals surface area (Å²) >= 11 is 11.9. The fraction of sp³-hybridized carbons (Fsp3) is 0. The van der Waals surface area contributed by atoms with Crippen LogP contribution >= 0.6 is 23.2 Å². The van der Waals surface area contributed by atoms with Crippen LogP contribution in [0.2, 0.25) is 10.0 Å². The molecule has 0 fully saturated rings. The van der Waals surface area contributed by atoms with Crippen molar-refractivity contribution in [2.24, 2.45) is 0 Å². The molecule has 2 aromatic carbocycles. The molecule has 0 aliphatic carbocycles. The molecule has 0 unspecified atom stereocenters. The van der Waals surface area contributed by atoms with Crippen LogP contribution in [-0.2, 0) is 0 Å². The number of amides is 1. The van der Waals surface area contributed by atoms with Gasteiger partial charge in [-0.25, -0.2) is 9.97 Å². The number of nitrogens with one attached hydrogen (secondary N) is 2. The lowest BCUT2D eigenvalue weighted by Crippen LogP contribution is -2.13. The lowest BCUT2D eigenvalue weighted by molar-refractivity contribution is 0.102. The maximum atomic E-state index is 12.2. The monoisotopic (exact) mass is 383 g/mol. The topological polar surface area (TPSA) is 90.7 Å². The summed E-state index contributed by atoms with van der Waals surface area (Å²) in [4.78, 5) is 20.4. The minimum atomic E-state index is -0.356. The quantitative estimate of drug-likeness (QED) is 0.683. The number of anilines is 3. The summed E-state index contributed by atoms with van der Waals surface area (Å²) < 4.78 is 0. The molecule has 0 radical (unpaired) electrons. The molecule has 128 valence electrons. The van der Waals surface area contributed by atoms with Crippen LogP contribution in [0.15, 0.2) is 54.9 Å². The molecule has 0 saturated heterocycles. The van der Waals surface area contributed by atoms with E-state index in [0.717, 1.165) is 0 Å². The maximum absolute atomic E-state index is 12.2. The lowest BCUT2D eigenvalue weighted by atomic mass is 10.2. The van der Waals surface area contributed by atoms with Gasteiger partial charge in [-0.15, -0.1) is 0 Å². The van der Waals surface area contributed by atoms with Gasteiger partial charge in [0.1, 0.15) is 0 Å². The van der Waals surface area contributed by atoms with E-state index in [9.17, 15) is 4.79 Å². The fourth-order valence-corrected chi connectivity index (χ4v) is 2.51. The highest BCUT2D eigenvalue weighted by atomic mass is 35.5. The van der Waals surface area contributed by atoms with Gasteiger partial charge in [0, 0.05) is 23.1 Å². The fourth-order valence-electron chi connectivity index (χ4n) is 2.05. The molecule has 0 bridgehead atoms. The van der Waals surface area contributed by atoms with E-state index in [4.69, 9.17) is 28.5 Å². The third-order valence-electron chi connectivity index (χ3n) is 3.36. The summed E-state index contributed by atoms with van der Waals surface area (Å²) in [5, 5.41) is 15.4. The molecule has 6 nitrogen and oxygen atoms in total. The summed E-state index contributed by atoms with van der Waals surface area (Å²) in [6.07, 6.45) is 2.80. The van der Waals surface area contributed by atoms with E-state index < -0.39 is 0 Å². The molecule has 3 rings (SSSR count). The van der Waals surface area contributed by atoms with Gasteiger partial charge in [-0.3, -0.25) is 4.79 Å². The van der Waals surface area contributed by atoms with Crippen LogP contribution < -0.4 is 10.6 Å². The summed E-state index contributed by atoms with van der Waals surface area (Å²) in [6.45, 7) is 0. The number of carbonyl (C=O) groups is 1. The van der Waals surface area contributed by atoms with Gasteiger partial charge in [0.25, 0.3) is 5.91 Å². The second-order valence-corrected chi connectivity index (χ2v) is 6.03. The van der Waals surface area contributed by atoms with Gasteiger partial charge in [-0.2, -0.15) is 5.26 Å². The molecule has 0 atom stereocenters. The molecule has 0 saturated carbocycles. The zero-order valence-corrected chi connectivity index (χ0v) is 14.7. The summed E-state index contributed by atoms with van der Waals surface area (Å²) in [5.74, 6) is -0.0603. The molecule has 2 N–H and O–H groups in total. The Hall–Kier alpha value is -3.14. The maximum Gasteiger partial charge on any atom is 0.258 e. The second-order valence-electron chi connectivity index (χ2n) is 5.19. The van der Waals surface area contributed by atoms with Crippen molar-refractivity contribution in [2.75, 3.05) is 10.6 Å². The predicted molar refractivity (Wildman–Crippen MR) is 101 cm³/mol. The molecule has 0 aliphatic rings. The van der Waals surface area contributed by atoms with Crippen LogP contribution in [0.5, 0.6) is 0 Å². The van der Waals surface area contributed by atoms with Crippen LogP contribution in [0, 0.1) is 11.3 Å². The lowest BCUT2D eigenvalue weighted by Gasteiger charge is -2.08. The third-order valence-corrected chi connectivity index (χ3v) is 3.91. The Bertz CT molecular complexity index is 982. The van der Waals surface area contributed by atoms with E-state index in [0.29, 0.717) is 38.5 Å². The molecule has 0 aliphatic heterocycles. The zero-order chi connectivity index (χ0) is 18.5. The highest BCUT2D eigenvalue weighted by Crippen LogP contribution is 2.27. The van der Waals surface area contributed by atoms with Gasteiger partial charge < -0.3 is 10.6 Å². The van der Waals surface area contributed by atoms with Crippen LogP contribution in [-0.4, -0.2) is 15.9 Å². The first-order valence-electron chi connectivity index (χ1n) is 7.41. The van der Waals surface area contributed by atoms with Crippen molar-refractivity contribution in [1.82, 2.24) is 9.97 Å². The Balaban J connectivity index is 1.68. The Morgan fingerprint density at radius 2 is 1.73 bits per heavy atom. The number of nitrogens with zero attached hydrogens (tertiary/aromatic N) is 3. The van der Waals surface area contributed by atoms with Gasteiger partial charge >= 0.3 is 0 Å². The molecule has 1 heterocycles. The van der Waals surface area contributed by atoms with Crippen LogP contribution in [0.25, 0.3) is 0 Å². The summed E-state index contributed by atoms with van der Waals surface area (Å²) in [6, 6.07) is 13.6. The van der Waals surface area contributed by atoms with Crippen molar-refractivity contribution in [3.63, 3.8) is 0 Å². The predicted octanol–water partition coefficient (Wildman–Crippen LogP) is 4.65. The van der Waals surface area contributed by atoms with Crippen molar-refractivity contribution in [3.05, 3.63) is 76.0 Å². The van der Waals surface area contributed by atoms with E-state index in [1.807, 2.05) is 6.07 Å². The zero-order valence-electron chi connectivity index (χ0n) is 13.2. The summed E-state index contributed by atoms with van der Waals surface area (Å²) in [5.41, 5.74) is 1.99. The smallest absolute Gasteiger partial charge is 0.258 e. The second kappa shape index (κ2) is 7.83. The van der Waals surface area contributed by atoms with Crippen LogP contribution in [0.3, 0.4) is 0 Å². The first-order valence-corrected chi connectivity index (χ1v) is 8.16. The van der Waals surface area contributed by atoms with Crippen LogP contribution in [0.4, 0.5) is 17.3 Å². The van der Waals surface area contributed by atoms with E-state index >= 15 is 0 Å². The van der Waals surface area contributed by atoms with E-state index in [1.165, 1.54) is 12.4 Å². The van der Waals surface area contributed by atoms with Crippen molar-refractivity contribution >= 4 is 46.4 Å². The molecule has 8 heteroatoms. The van der Waals surface area contributed by atoms with Crippen molar-refractivity contribution < 1.29 is 4.79 Å². The molecular formula is C18H11Cl2N5O. The SMILES string of the molecule is N#Cc1ccc(NC(=O)c2cnc(Nc3ccc(Cl)cc3Cl)nc2)cc1. The first kappa shape index (κ1) is 17.7. The van der Waals surface area contributed by atoms with Gasteiger partial charge in [-0.05, 0) is 42.5 Å². The van der Waals surface area contributed by atoms with Crippen molar-refractivity contribution in [2.45, 2.75) is 0 Å². The number of carbonyl (C=O) groups excluding carboxylic acids is 1. The molecule has 1 aromatic heterocycles. The largest absolute Gasteiger partial charge is 0.323 e. The molecular weight excluding hydrogens is 373 g/mol. The number of nitriles is 1. The normalized spacial score (nSPS) is 10.0. The van der Waals surface area contributed by atoms with Crippen molar-refractivity contribution in [1.29, 1.82) is 5.26 Å². The number of hydrogen-bond donors (Lipinski definition) is 2. The van der Waals surface area contributed by atoms with Gasteiger partial charge in [0.2, 0.25) is 5.95 Å². The molecule has 1 amide bonds. The Labute approximate surface area is 159 Å². The van der Waals surface area contributed by atoms with E-state index in [-0.39, 0.29) is 5.91 Å². The highest BCUT2D eigenvalue weighted by molar-refractivity contribution is 6.36. The van der Waals surface area contributed by atoms with Crippen LogP contribution in [0.1, 0.15) is 15.9 Å². The molecule has 3 aromatic rings. The first-order chi connectivity index (χ1) is 12.5. The van der Waals surface area contributed by atoms with Gasteiger partial charge in [0.15, 0.2) is 0 Å². The number of hydrogen-bond acceptors (Lipinski definition) is 5. The molecule has 0 spiro atoms. The average Bonchev–Trinajstić information content (AvgIpc) is 2.65. The van der Waals surface area contributed by atoms with E-state index in [2.05, 4.69) is 20.6 Å². The van der Waals surface area contributed by atoms with Gasteiger partial charge in [0.05, 0.1) is 27.9 Å². The Morgan fingerprint density at radius 3 is 2.35 bits per heavy atom. The Morgan fingerprint density at radius 1 is 1.04 bits per heavy atom. The van der Waals surface area contributed by atoms with E-state index in [1.54, 1.807) is 42.5 Å².